The van der Waals surface area contributed by atoms with Gasteiger partial charge >= 0.3 is 18.1 Å². The number of hydrogen-bond donors (Lipinski definition) is 2. The quantitative estimate of drug-likeness (QED) is 0.0575. The molecule has 2 N–H and O–H groups in total. The van der Waals surface area contributed by atoms with Gasteiger partial charge in [-0.3, -0.25) is 9.69 Å². The number of benzene rings is 6. The maximum Gasteiger partial charge on any atom is 0.416 e. The topological polar surface area (TPSA) is 123 Å². The second kappa shape index (κ2) is 27.9. The molecule has 0 aliphatic carbocycles. The summed E-state index contributed by atoms with van der Waals surface area (Å²) in [6.07, 6.45) is 6.58. The number of amides is 1. The molecule has 9 nitrogen and oxygen atoms in total. The zero-order valence-electron chi connectivity index (χ0n) is 39.2. The fourth-order valence-corrected chi connectivity index (χ4v) is 8.21. The number of para-hydroxylation sites is 2. The monoisotopic (exact) mass is 1090 g/mol. The number of unbranched alkanes of at least 4 members (excludes halogenated alkanes) is 8. The van der Waals surface area contributed by atoms with Crippen molar-refractivity contribution in [3.05, 3.63) is 171 Å². The minimum absolute atomic E-state index is 0.00156. The van der Waals surface area contributed by atoms with Crippen LogP contribution in [0.25, 0.3) is 11.1 Å². The Labute approximate surface area is 424 Å². The number of aliphatic carboxylic acids is 1. The van der Waals surface area contributed by atoms with Crippen LogP contribution in [0.2, 0.25) is 0 Å². The fourth-order valence-electron chi connectivity index (χ4n) is 7.49. The van der Waals surface area contributed by atoms with Crippen LogP contribution in [-0.2, 0) is 17.4 Å². The van der Waals surface area contributed by atoms with Gasteiger partial charge in [0.1, 0.15) is 34.6 Å². The first-order valence-corrected chi connectivity index (χ1v) is 25.0. The molecule has 0 fully saturated rings. The zero-order chi connectivity index (χ0) is 50.5. The number of nitrogens with zero attached hydrogens (tertiary/aromatic N) is 1. The van der Waals surface area contributed by atoms with E-state index in [4.69, 9.17) is 19.3 Å². The maximum absolute atomic E-state index is 14.4. The predicted octanol–water partition coefficient (Wildman–Crippen LogP) is 16.1. The van der Waals surface area contributed by atoms with E-state index in [1.54, 1.807) is 91.0 Å². The van der Waals surface area contributed by atoms with Crippen molar-refractivity contribution in [2.45, 2.75) is 96.7 Å². The second-order valence-electron chi connectivity index (χ2n) is 16.5. The highest BCUT2D eigenvalue weighted by Gasteiger charge is 2.34. The van der Waals surface area contributed by atoms with E-state index in [1.165, 1.54) is 36.3 Å². The molecule has 370 valence electrons. The Morgan fingerprint density at radius 3 is 1.67 bits per heavy atom. The van der Waals surface area contributed by atoms with Crippen LogP contribution in [0.4, 0.5) is 18.9 Å². The molecule has 1 amide bonds. The Balaban J connectivity index is 0.000000426. The van der Waals surface area contributed by atoms with Gasteiger partial charge in [-0.2, -0.15) is 13.2 Å². The van der Waals surface area contributed by atoms with E-state index in [-0.39, 0.29) is 23.3 Å². The Kier molecular flexibility index (Phi) is 21.9. The lowest BCUT2D eigenvalue weighted by Gasteiger charge is -2.30. The number of hydrogen-bond acceptors (Lipinski definition) is 6. The van der Waals surface area contributed by atoms with E-state index in [0.717, 1.165) is 67.1 Å². The summed E-state index contributed by atoms with van der Waals surface area (Å²) in [5.74, 6) is -1.13. The van der Waals surface area contributed by atoms with Gasteiger partial charge in [0, 0.05) is 26.6 Å². The van der Waals surface area contributed by atoms with Crippen molar-refractivity contribution < 1.29 is 52.0 Å². The molecule has 6 rings (SSSR count). The van der Waals surface area contributed by atoms with Gasteiger partial charge in [-0.05, 0) is 103 Å². The normalized spacial score (nSPS) is 11.5. The molecular formula is C56H58Br2F3NO8. The van der Waals surface area contributed by atoms with Gasteiger partial charge < -0.3 is 24.4 Å². The van der Waals surface area contributed by atoms with Crippen molar-refractivity contribution in [3.8, 4) is 34.1 Å². The zero-order valence-corrected chi connectivity index (χ0v) is 42.4. The van der Waals surface area contributed by atoms with Crippen LogP contribution in [-0.4, -0.2) is 47.3 Å². The molecule has 0 aliphatic rings. The Bertz CT molecular complexity index is 2590. The molecule has 0 saturated carbocycles. The van der Waals surface area contributed by atoms with Gasteiger partial charge in [-0.1, -0.05) is 158 Å². The van der Waals surface area contributed by atoms with Crippen LogP contribution in [0.5, 0.6) is 23.0 Å². The van der Waals surface area contributed by atoms with Crippen molar-refractivity contribution in [1.29, 1.82) is 0 Å². The van der Waals surface area contributed by atoms with Crippen LogP contribution in [0, 0.1) is 0 Å². The van der Waals surface area contributed by atoms with Gasteiger partial charge in [0.25, 0.3) is 5.91 Å². The molecule has 0 heterocycles. The van der Waals surface area contributed by atoms with Crippen LogP contribution < -0.4 is 19.1 Å². The Morgan fingerprint density at radius 1 is 0.600 bits per heavy atom. The third kappa shape index (κ3) is 16.8. The summed E-state index contributed by atoms with van der Waals surface area (Å²) in [5.41, 5.74) is 2.22. The molecule has 0 spiro atoms. The molecule has 0 saturated heterocycles. The molecule has 1 atom stereocenters. The third-order valence-electron chi connectivity index (χ3n) is 11.2. The average molecular weight is 1090 g/mol. The highest BCUT2D eigenvalue weighted by atomic mass is 79.9. The molecule has 14 heteroatoms. The van der Waals surface area contributed by atoms with Gasteiger partial charge in [0.15, 0.2) is 0 Å². The van der Waals surface area contributed by atoms with Crippen molar-refractivity contribution in [1.82, 2.24) is 0 Å². The Morgan fingerprint density at radius 2 is 1.13 bits per heavy atom. The largest absolute Gasteiger partial charge is 0.493 e. The number of halogens is 5. The van der Waals surface area contributed by atoms with Gasteiger partial charge in [0.05, 0.1) is 24.3 Å². The summed E-state index contributed by atoms with van der Waals surface area (Å²) >= 11 is 6.72. The number of carbonyl (C=O) groups is 3. The number of rotatable bonds is 24. The smallest absolute Gasteiger partial charge is 0.416 e. The third-order valence-corrected chi connectivity index (χ3v) is 12.2. The van der Waals surface area contributed by atoms with Gasteiger partial charge in [0.2, 0.25) is 0 Å². The highest BCUT2D eigenvalue weighted by molar-refractivity contribution is 9.10. The molecule has 6 aromatic rings. The summed E-state index contributed by atoms with van der Waals surface area (Å²) < 4.78 is 58.1. The van der Waals surface area contributed by atoms with Crippen molar-refractivity contribution >= 4 is 55.4 Å². The summed E-state index contributed by atoms with van der Waals surface area (Å²) in [6, 6.07) is 36.5. The number of aromatic carboxylic acids is 1. The maximum atomic E-state index is 14.4. The predicted molar refractivity (Wildman–Crippen MR) is 276 cm³/mol. The van der Waals surface area contributed by atoms with Gasteiger partial charge in [-0.15, -0.1) is 0 Å². The minimum Gasteiger partial charge on any atom is -0.493 e. The highest BCUT2D eigenvalue weighted by Crippen LogP contribution is 2.36. The first kappa shape index (κ1) is 54.8. The average Bonchev–Trinajstić information content (AvgIpc) is 3.35. The van der Waals surface area contributed by atoms with E-state index >= 15 is 0 Å². The first-order chi connectivity index (χ1) is 33.7. The summed E-state index contributed by atoms with van der Waals surface area (Å²) in [7, 11) is 0. The molecule has 0 aromatic heterocycles. The number of carboxylic acid groups (broad SMARTS) is 2. The molecule has 0 aliphatic heterocycles. The van der Waals surface area contributed by atoms with Crippen LogP contribution >= 0.6 is 31.9 Å². The fraction of sp³-hybridized carbons (Fsp3) is 0.304. The first-order valence-electron chi connectivity index (χ1n) is 23.4. The lowest BCUT2D eigenvalue weighted by molar-refractivity contribution is -0.139. The summed E-state index contributed by atoms with van der Waals surface area (Å²) in [5, 5.41) is 19.6. The van der Waals surface area contributed by atoms with Crippen molar-refractivity contribution in [2.75, 3.05) is 18.1 Å². The van der Waals surface area contributed by atoms with Crippen molar-refractivity contribution in [3.63, 3.8) is 0 Å². The molecule has 70 heavy (non-hydrogen) atoms. The molecule has 0 radical (unpaired) electrons. The summed E-state index contributed by atoms with van der Waals surface area (Å²) in [4.78, 5) is 39.7. The second-order valence-corrected chi connectivity index (χ2v) is 18.3. The van der Waals surface area contributed by atoms with Crippen LogP contribution in [0.15, 0.2) is 148 Å². The SMILES string of the molecule is CCCCCCCOc1ccc(Br)cc1C(=O)N(c1ccccc1)[C@@H](Cc1ccc(-c2ccccc2Oc2ccc(C(F)(F)F)cc2)cc1)C(=O)O.CCCCCCCOc1ccc(Br)cc1C(=O)O. The molecular weight excluding hydrogens is 1030 g/mol. The number of carbonyl (C=O) groups excluding carboxylic acids is 1. The van der Waals surface area contributed by atoms with Gasteiger partial charge in [-0.25, -0.2) is 9.59 Å². The summed E-state index contributed by atoms with van der Waals surface area (Å²) in [6.45, 7) is 5.34. The van der Waals surface area contributed by atoms with Crippen LogP contribution in [0.3, 0.4) is 0 Å². The van der Waals surface area contributed by atoms with E-state index in [9.17, 15) is 32.7 Å². The number of ether oxygens (including phenoxy) is 3. The standard InChI is InChI=1S/C42H39BrF3NO5.C14H19BrO3/c1-2-3-4-5-11-26-51-38-25-22-32(43)28-36(38)40(48)47(33-12-7-6-8-13-33)37(41(49)50)27-29-16-18-30(19-17-29)35-14-9-10-15-39(35)52-34-23-20-31(21-24-34)42(44,45)46;1-2-3-4-5-6-9-18-13-8-7-11(15)10-12(13)14(16)17/h6-10,12-25,28,37H,2-5,11,26-27H2,1H3,(H,49,50);7-8,10H,2-6,9H2,1H3,(H,16,17)/t37-;/m0./s1. The Hall–Kier alpha value is -6.12. The number of carboxylic acids is 2. The van der Waals surface area contributed by atoms with E-state index < -0.39 is 35.6 Å². The molecule has 6 aromatic carbocycles. The number of anilines is 1. The minimum atomic E-state index is -4.45. The number of alkyl halides is 3. The van der Waals surface area contributed by atoms with E-state index in [2.05, 4.69) is 45.7 Å². The van der Waals surface area contributed by atoms with Crippen molar-refractivity contribution in [2.24, 2.45) is 0 Å². The lowest BCUT2D eigenvalue weighted by atomic mass is 9.98. The molecule has 0 unspecified atom stereocenters. The lowest BCUT2D eigenvalue weighted by Crippen LogP contribution is -2.47. The molecule has 0 bridgehead atoms. The van der Waals surface area contributed by atoms with E-state index in [1.807, 2.05) is 24.3 Å². The van der Waals surface area contributed by atoms with E-state index in [0.29, 0.717) is 51.7 Å². The van der Waals surface area contributed by atoms with Crippen LogP contribution in [0.1, 0.15) is 110 Å².